The van der Waals surface area contributed by atoms with Crippen LogP contribution in [0.4, 0.5) is 0 Å². The van der Waals surface area contributed by atoms with E-state index in [4.69, 9.17) is 15.1 Å². The van der Waals surface area contributed by atoms with Gasteiger partial charge in [0.1, 0.15) is 12.6 Å². The molecule has 0 aromatic heterocycles. The molecule has 0 aromatic carbocycles. The Kier molecular flexibility index (Phi) is 5.53. The SMILES string of the molecule is N#C[C@@H]1CCCN1C(=O)[C@@H]1C[C@H](CCOCC(=O)O)CN1. The Morgan fingerprint density at radius 3 is 3.00 bits per heavy atom. The minimum Gasteiger partial charge on any atom is -0.480 e. The molecule has 2 aliphatic rings. The zero-order chi connectivity index (χ0) is 15.2. The Labute approximate surface area is 123 Å². The van der Waals surface area contributed by atoms with E-state index in [1.807, 2.05) is 0 Å². The lowest BCUT2D eigenvalue weighted by atomic mass is 10.0. The molecule has 2 fully saturated rings. The molecule has 0 unspecified atom stereocenters. The van der Waals surface area contributed by atoms with E-state index in [0.717, 1.165) is 32.2 Å². The number of carboxylic acids is 1. The maximum absolute atomic E-state index is 12.4. The predicted molar refractivity (Wildman–Crippen MR) is 73.3 cm³/mol. The van der Waals surface area contributed by atoms with Gasteiger partial charge in [-0.15, -0.1) is 0 Å². The van der Waals surface area contributed by atoms with Crippen LogP contribution in [0.3, 0.4) is 0 Å². The largest absolute Gasteiger partial charge is 0.480 e. The van der Waals surface area contributed by atoms with E-state index >= 15 is 0 Å². The molecule has 3 atom stereocenters. The van der Waals surface area contributed by atoms with Crippen LogP contribution in [-0.4, -0.2) is 60.3 Å². The van der Waals surface area contributed by atoms with E-state index in [2.05, 4.69) is 11.4 Å². The lowest BCUT2D eigenvalue weighted by Crippen LogP contribution is -2.45. The first-order chi connectivity index (χ1) is 10.1. The lowest BCUT2D eigenvalue weighted by Gasteiger charge is -2.23. The van der Waals surface area contributed by atoms with Crippen molar-refractivity contribution in [2.45, 2.75) is 37.8 Å². The molecular formula is C14H21N3O4. The highest BCUT2D eigenvalue weighted by Gasteiger charge is 2.36. The Hall–Kier alpha value is -1.65. The minimum absolute atomic E-state index is 0.0213. The number of nitriles is 1. The molecule has 2 heterocycles. The maximum atomic E-state index is 12.4. The Morgan fingerprint density at radius 1 is 1.48 bits per heavy atom. The molecule has 2 saturated heterocycles. The van der Waals surface area contributed by atoms with Crippen LogP contribution in [0.1, 0.15) is 25.7 Å². The quantitative estimate of drug-likeness (QED) is 0.667. The van der Waals surface area contributed by atoms with Crippen molar-refractivity contribution in [2.75, 3.05) is 26.3 Å². The van der Waals surface area contributed by atoms with E-state index in [1.54, 1.807) is 4.90 Å². The molecule has 0 radical (unpaired) electrons. The summed E-state index contributed by atoms with van der Waals surface area (Å²) in [5.41, 5.74) is 0. The van der Waals surface area contributed by atoms with Crippen LogP contribution >= 0.6 is 0 Å². The molecule has 0 aliphatic carbocycles. The van der Waals surface area contributed by atoms with Crippen LogP contribution in [-0.2, 0) is 14.3 Å². The number of hydrogen-bond acceptors (Lipinski definition) is 5. The monoisotopic (exact) mass is 295 g/mol. The summed E-state index contributed by atoms with van der Waals surface area (Å²) in [6.45, 7) is 1.52. The molecular weight excluding hydrogens is 274 g/mol. The molecule has 7 heteroatoms. The molecule has 21 heavy (non-hydrogen) atoms. The zero-order valence-electron chi connectivity index (χ0n) is 12.0. The molecule has 2 rings (SSSR count). The first kappa shape index (κ1) is 15.7. The fraction of sp³-hybridized carbons (Fsp3) is 0.786. The normalized spacial score (nSPS) is 28.5. The average molecular weight is 295 g/mol. The van der Waals surface area contributed by atoms with Gasteiger partial charge in [0.05, 0.1) is 12.1 Å². The molecule has 116 valence electrons. The number of carbonyl (C=O) groups is 2. The molecule has 0 spiro atoms. The van der Waals surface area contributed by atoms with Crippen LogP contribution in [0, 0.1) is 17.2 Å². The Morgan fingerprint density at radius 2 is 2.29 bits per heavy atom. The van der Waals surface area contributed by atoms with Gasteiger partial charge >= 0.3 is 5.97 Å². The third kappa shape index (κ3) is 4.16. The average Bonchev–Trinajstić information content (AvgIpc) is 3.11. The minimum atomic E-state index is -0.968. The number of carbonyl (C=O) groups excluding carboxylic acids is 1. The number of hydrogen-bond donors (Lipinski definition) is 2. The van der Waals surface area contributed by atoms with E-state index in [0.29, 0.717) is 19.1 Å². The van der Waals surface area contributed by atoms with E-state index < -0.39 is 5.97 Å². The van der Waals surface area contributed by atoms with Crippen molar-refractivity contribution in [3.05, 3.63) is 0 Å². The number of carboxylic acid groups (broad SMARTS) is 1. The second-order valence-corrected chi connectivity index (χ2v) is 5.62. The zero-order valence-corrected chi connectivity index (χ0v) is 12.0. The van der Waals surface area contributed by atoms with Gasteiger partial charge < -0.3 is 20.1 Å². The summed E-state index contributed by atoms with van der Waals surface area (Å²) in [7, 11) is 0. The molecule has 0 saturated carbocycles. The summed E-state index contributed by atoms with van der Waals surface area (Å²) in [5.74, 6) is -0.631. The van der Waals surface area contributed by atoms with Crippen LogP contribution in [0.25, 0.3) is 0 Å². The number of likely N-dealkylation sites (tertiary alicyclic amines) is 1. The molecule has 2 N–H and O–H groups in total. The van der Waals surface area contributed by atoms with Crippen LogP contribution in [0.15, 0.2) is 0 Å². The summed E-state index contributed by atoms with van der Waals surface area (Å²) in [5, 5.41) is 20.7. The number of ether oxygens (including phenoxy) is 1. The predicted octanol–water partition coefficient (Wildman–Crippen LogP) is -0.0296. The number of nitrogens with one attached hydrogen (secondary N) is 1. The van der Waals surface area contributed by atoms with Gasteiger partial charge in [-0.2, -0.15) is 5.26 Å². The van der Waals surface area contributed by atoms with Gasteiger partial charge in [0.25, 0.3) is 0 Å². The maximum Gasteiger partial charge on any atom is 0.329 e. The summed E-state index contributed by atoms with van der Waals surface area (Å²) < 4.78 is 5.02. The van der Waals surface area contributed by atoms with Gasteiger partial charge in [-0.25, -0.2) is 4.79 Å². The third-order valence-corrected chi connectivity index (χ3v) is 4.10. The van der Waals surface area contributed by atoms with Crippen molar-refractivity contribution in [2.24, 2.45) is 5.92 Å². The second kappa shape index (κ2) is 7.38. The smallest absolute Gasteiger partial charge is 0.329 e. The van der Waals surface area contributed by atoms with Crippen molar-refractivity contribution in [3.63, 3.8) is 0 Å². The number of aliphatic carboxylic acids is 1. The van der Waals surface area contributed by atoms with Crippen molar-refractivity contribution in [3.8, 4) is 6.07 Å². The second-order valence-electron chi connectivity index (χ2n) is 5.62. The highest BCUT2D eigenvalue weighted by atomic mass is 16.5. The number of nitrogens with zero attached hydrogens (tertiary/aromatic N) is 2. The Bertz CT molecular complexity index is 434. The molecule has 0 aromatic rings. The van der Waals surface area contributed by atoms with Gasteiger partial charge in [0, 0.05) is 13.2 Å². The van der Waals surface area contributed by atoms with Crippen molar-refractivity contribution < 1.29 is 19.4 Å². The summed E-state index contributed by atoms with van der Waals surface area (Å²) >= 11 is 0. The van der Waals surface area contributed by atoms with Gasteiger partial charge in [-0.3, -0.25) is 4.79 Å². The van der Waals surface area contributed by atoms with Gasteiger partial charge in [0.15, 0.2) is 0 Å². The molecule has 1 amide bonds. The third-order valence-electron chi connectivity index (χ3n) is 4.10. The number of rotatable bonds is 6. The van der Waals surface area contributed by atoms with Crippen molar-refractivity contribution in [1.82, 2.24) is 10.2 Å². The summed E-state index contributed by atoms with van der Waals surface area (Å²) in [6, 6.07) is 1.68. The van der Waals surface area contributed by atoms with Crippen LogP contribution in [0.2, 0.25) is 0 Å². The van der Waals surface area contributed by atoms with E-state index in [1.165, 1.54) is 0 Å². The van der Waals surface area contributed by atoms with Crippen molar-refractivity contribution in [1.29, 1.82) is 5.26 Å². The molecule has 2 aliphatic heterocycles. The van der Waals surface area contributed by atoms with Gasteiger partial charge in [-0.1, -0.05) is 0 Å². The van der Waals surface area contributed by atoms with Gasteiger partial charge in [0.2, 0.25) is 5.91 Å². The van der Waals surface area contributed by atoms with E-state index in [9.17, 15) is 9.59 Å². The lowest BCUT2D eigenvalue weighted by molar-refractivity contribution is -0.142. The molecule has 0 bridgehead atoms. The van der Waals surface area contributed by atoms with E-state index in [-0.39, 0.29) is 24.6 Å². The first-order valence-electron chi connectivity index (χ1n) is 7.35. The van der Waals surface area contributed by atoms with Crippen molar-refractivity contribution >= 4 is 11.9 Å². The Balaban J connectivity index is 1.73. The van der Waals surface area contributed by atoms with Crippen LogP contribution < -0.4 is 5.32 Å². The highest BCUT2D eigenvalue weighted by molar-refractivity contribution is 5.83. The fourth-order valence-electron chi connectivity index (χ4n) is 2.99. The van der Waals surface area contributed by atoms with Crippen LogP contribution in [0.5, 0.6) is 0 Å². The number of amides is 1. The molecule has 7 nitrogen and oxygen atoms in total. The van der Waals surface area contributed by atoms with Gasteiger partial charge in [-0.05, 0) is 38.1 Å². The summed E-state index contributed by atoms with van der Waals surface area (Å²) in [4.78, 5) is 24.4. The standard InChI is InChI=1S/C14H21N3O4/c15-7-11-2-1-4-17(11)14(20)12-6-10(8-16-12)3-5-21-9-13(18)19/h10-12,16H,1-6,8-9H2,(H,18,19)/t10-,11-,12-/m0/s1. The topological polar surface area (TPSA) is 103 Å². The highest BCUT2D eigenvalue weighted by Crippen LogP contribution is 2.23. The first-order valence-corrected chi connectivity index (χ1v) is 7.35. The fourth-order valence-corrected chi connectivity index (χ4v) is 2.99. The summed E-state index contributed by atoms with van der Waals surface area (Å²) in [6.07, 6.45) is 3.13.